The first-order valence-corrected chi connectivity index (χ1v) is 5.74. The van der Waals surface area contributed by atoms with Crippen LogP contribution in [0.3, 0.4) is 0 Å². The van der Waals surface area contributed by atoms with Crippen molar-refractivity contribution in [3.05, 3.63) is 0 Å². The summed E-state index contributed by atoms with van der Waals surface area (Å²) in [5, 5.41) is 19.5. The van der Waals surface area contributed by atoms with Gasteiger partial charge in [-0.05, 0) is 25.2 Å². The predicted octanol–water partition coefficient (Wildman–Crippen LogP) is 0.604. The van der Waals surface area contributed by atoms with Crippen molar-refractivity contribution in [2.75, 3.05) is 19.6 Å². The number of hydrogen-bond acceptors (Lipinski definition) is 3. The van der Waals surface area contributed by atoms with Crippen LogP contribution in [0.2, 0.25) is 0 Å². The Kier molecular flexibility index (Phi) is 2.82. The molecule has 82 valence electrons. The van der Waals surface area contributed by atoms with Gasteiger partial charge in [-0.1, -0.05) is 13.3 Å². The highest BCUT2D eigenvalue weighted by Crippen LogP contribution is 2.40. The van der Waals surface area contributed by atoms with Crippen LogP contribution in [-0.2, 0) is 0 Å². The maximum absolute atomic E-state index is 10.1. The number of hydrogen-bond donors (Lipinski definition) is 2. The summed E-state index contributed by atoms with van der Waals surface area (Å²) in [6, 6.07) is 0. The van der Waals surface area contributed by atoms with Crippen molar-refractivity contribution in [3.63, 3.8) is 0 Å². The van der Waals surface area contributed by atoms with Crippen molar-refractivity contribution >= 4 is 0 Å². The van der Waals surface area contributed by atoms with E-state index in [1.807, 2.05) is 0 Å². The fraction of sp³-hybridized carbons (Fsp3) is 1.00. The molecule has 0 radical (unpaired) electrons. The zero-order valence-corrected chi connectivity index (χ0v) is 8.95. The second-order valence-corrected chi connectivity index (χ2v) is 5.08. The van der Waals surface area contributed by atoms with Gasteiger partial charge in [0.2, 0.25) is 0 Å². The molecule has 3 nitrogen and oxygen atoms in total. The van der Waals surface area contributed by atoms with E-state index in [1.54, 1.807) is 0 Å². The van der Waals surface area contributed by atoms with Crippen LogP contribution < -0.4 is 0 Å². The largest absolute Gasteiger partial charge is 0.392 e. The van der Waals surface area contributed by atoms with Crippen LogP contribution in [0.15, 0.2) is 0 Å². The molecule has 1 heterocycles. The normalized spacial score (nSPS) is 43.9. The highest BCUT2D eigenvalue weighted by molar-refractivity contribution is 4.96. The highest BCUT2D eigenvalue weighted by atomic mass is 16.3. The Bertz CT molecular complexity index is 201. The molecule has 14 heavy (non-hydrogen) atoms. The molecule has 0 bridgehead atoms. The first kappa shape index (κ1) is 10.4. The third-order valence-corrected chi connectivity index (χ3v) is 3.68. The van der Waals surface area contributed by atoms with E-state index >= 15 is 0 Å². The van der Waals surface area contributed by atoms with Gasteiger partial charge in [-0.3, -0.25) is 4.90 Å². The summed E-state index contributed by atoms with van der Waals surface area (Å²) < 4.78 is 0. The Hall–Kier alpha value is -0.120. The molecule has 0 aromatic carbocycles. The minimum absolute atomic E-state index is 0.166. The molecule has 0 aromatic heterocycles. The van der Waals surface area contributed by atoms with E-state index in [4.69, 9.17) is 0 Å². The summed E-state index contributed by atoms with van der Waals surface area (Å²) >= 11 is 0. The molecule has 1 saturated carbocycles. The van der Waals surface area contributed by atoms with Crippen molar-refractivity contribution in [1.29, 1.82) is 0 Å². The topological polar surface area (TPSA) is 43.7 Å². The van der Waals surface area contributed by atoms with Gasteiger partial charge >= 0.3 is 0 Å². The van der Waals surface area contributed by atoms with Crippen LogP contribution in [0.1, 0.15) is 32.6 Å². The van der Waals surface area contributed by atoms with Crippen molar-refractivity contribution in [3.8, 4) is 0 Å². The molecule has 1 aliphatic heterocycles. The van der Waals surface area contributed by atoms with E-state index < -0.39 is 5.60 Å². The van der Waals surface area contributed by atoms with Crippen molar-refractivity contribution in [2.24, 2.45) is 5.92 Å². The fourth-order valence-electron chi connectivity index (χ4n) is 2.80. The van der Waals surface area contributed by atoms with Gasteiger partial charge in [-0.25, -0.2) is 0 Å². The van der Waals surface area contributed by atoms with Gasteiger partial charge in [0.15, 0.2) is 0 Å². The van der Waals surface area contributed by atoms with Crippen LogP contribution in [0.25, 0.3) is 0 Å². The van der Waals surface area contributed by atoms with E-state index in [0.29, 0.717) is 0 Å². The molecule has 1 atom stereocenters. The predicted molar refractivity (Wildman–Crippen MR) is 55.0 cm³/mol. The molecular formula is C11H21NO2. The molecule has 0 aromatic rings. The molecule has 3 heteroatoms. The molecule has 0 spiro atoms. The van der Waals surface area contributed by atoms with E-state index in [1.165, 1.54) is 6.42 Å². The third kappa shape index (κ3) is 2.10. The summed E-state index contributed by atoms with van der Waals surface area (Å²) in [5.74, 6) is 0.729. The molecule has 0 amide bonds. The average molecular weight is 199 g/mol. The summed E-state index contributed by atoms with van der Waals surface area (Å²) in [7, 11) is 0. The van der Waals surface area contributed by atoms with Crippen LogP contribution in [0.5, 0.6) is 0 Å². The number of rotatable bonds is 3. The number of likely N-dealkylation sites (tertiary alicyclic amines) is 1. The molecule has 0 unspecified atom stereocenters. The van der Waals surface area contributed by atoms with E-state index in [9.17, 15) is 10.2 Å². The van der Waals surface area contributed by atoms with Crippen molar-refractivity contribution in [2.45, 2.75) is 44.3 Å². The van der Waals surface area contributed by atoms with Gasteiger partial charge < -0.3 is 10.2 Å². The fourth-order valence-corrected chi connectivity index (χ4v) is 2.80. The Morgan fingerprint density at radius 2 is 2.14 bits per heavy atom. The number of nitrogens with zero attached hydrogens (tertiary/aromatic N) is 1. The second kappa shape index (κ2) is 3.80. The van der Waals surface area contributed by atoms with Gasteiger partial charge in [-0.15, -0.1) is 0 Å². The lowest BCUT2D eigenvalue weighted by atomic mass is 9.69. The van der Waals surface area contributed by atoms with Crippen LogP contribution in [-0.4, -0.2) is 46.5 Å². The Morgan fingerprint density at radius 3 is 2.64 bits per heavy atom. The maximum Gasteiger partial charge on any atom is 0.0779 e. The monoisotopic (exact) mass is 199 g/mol. The summed E-state index contributed by atoms with van der Waals surface area (Å²) in [5.41, 5.74) is -0.440. The molecule has 1 saturated heterocycles. The lowest BCUT2D eigenvalue weighted by molar-refractivity contribution is -0.0919. The number of aliphatic hydroxyl groups excluding tert-OH is 1. The Morgan fingerprint density at radius 1 is 1.43 bits per heavy atom. The molecule has 2 N–H and O–H groups in total. The smallest absolute Gasteiger partial charge is 0.0779 e. The minimum Gasteiger partial charge on any atom is -0.392 e. The molecule has 2 rings (SSSR count). The maximum atomic E-state index is 10.1. The SMILES string of the molecule is CC[C@H]1C[C@@](O)(CN2CC[C@H](O)C2)C1. The van der Waals surface area contributed by atoms with Gasteiger partial charge in [0.25, 0.3) is 0 Å². The quantitative estimate of drug-likeness (QED) is 0.699. The standard InChI is InChI=1S/C11H21NO2/c1-2-9-5-11(14,6-9)8-12-4-3-10(13)7-12/h9-10,13-14H,2-8H2,1H3/t9-,10-,11-/m0/s1. The molecule has 2 fully saturated rings. The van der Waals surface area contributed by atoms with E-state index in [0.717, 1.165) is 44.8 Å². The lowest BCUT2D eigenvalue weighted by Gasteiger charge is -2.45. The zero-order chi connectivity index (χ0) is 10.2. The number of β-amino-alcohol motifs (C(OH)–C–C–N with tert-alkyl or cyclic N) is 2. The summed E-state index contributed by atoms with van der Waals surface area (Å²) in [4.78, 5) is 2.19. The Labute approximate surface area is 85.7 Å². The summed E-state index contributed by atoms with van der Waals surface area (Å²) in [6.45, 7) is 4.64. The lowest BCUT2D eigenvalue weighted by Crippen LogP contribution is -2.51. The van der Waals surface area contributed by atoms with Gasteiger partial charge in [0, 0.05) is 19.6 Å². The first-order valence-electron chi connectivity index (χ1n) is 5.74. The van der Waals surface area contributed by atoms with Crippen LogP contribution in [0.4, 0.5) is 0 Å². The number of aliphatic hydroxyl groups is 2. The van der Waals surface area contributed by atoms with Gasteiger partial charge in [0.05, 0.1) is 11.7 Å². The molecule has 2 aliphatic rings. The third-order valence-electron chi connectivity index (χ3n) is 3.68. The van der Waals surface area contributed by atoms with Gasteiger partial charge in [0.1, 0.15) is 0 Å². The Balaban J connectivity index is 1.76. The van der Waals surface area contributed by atoms with Crippen LogP contribution in [0, 0.1) is 5.92 Å². The van der Waals surface area contributed by atoms with E-state index in [-0.39, 0.29) is 6.10 Å². The van der Waals surface area contributed by atoms with Gasteiger partial charge in [-0.2, -0.15) is 0 Å². The van der Waals surface area contributed by atoms with Crippen molar-refractivity contribution in [1.82, 2.24) is 4.90 Å². The highest BCUT2D eigenvalue weighted by Gasteiger charge is 2.43. The summed E-state index contributed by atoms with van der Waals surface area (Å²) in [6.07, 6.45) is 3.80. The van der Waals surface area contributed by atoms with Crippen molar-refractivity contribution < 1.29 is 10.2 Å². The minimum atomic E-state index is -0.440. The first-order chi connectivity index (χ1) is 6.61. The molecular weight excluding hydrogens is 178 g/mol. The average Bonchev–Trinajstić information content (AvgIpc) is 2.46. The second-order valence-electron chi connectivity index (χ2n) is 5.08. The zero-order valence-electron chi connectivity index (χ0n) is 8.95. The van der Waals surface area contributed by atoms with Crippen LogP contribution >= 0.6 is 0 Å². The molecule has 1 aliphatic carbocycles. The van der Waals surface area contributed by atoms with E-state index in [2.05, 4.69) is 11.8 Å².